The molecule has 0 bridgehead atoms. The molecule has 0 atom stereocenters. The maximum Gasteiger partial charge on any atom is 0.335 e. The second-order valence-electron chi connectivity index (χ2n) is 4.43. The molecule has 0 saturated heterocycles. The predicted octanol–water partition coefficient (Wildman–Crippen LogP) is 2.88. The van der Waals surface area contributed by atoms with E-state index in [2.05, 4.69) is 15.3 Å². The van der Waals surface area contributed by atoms with Crippen molar-refractivity contribution in [1.82, 2.24) is 9.97 Å². The Morgan fingerprint density at radius 2 is 2.05 bits per heavy atom. The number of aromatic amines is 1. The van der Waals surface area contributed by atoms with Crippen molar-refractivity contribution < 1.29 is 14.7 Å². The highest BCUT2D eigenvalue weighted by molar-refractivity contribution is 7.99. The number of carboxylic acids is 1. The minimum Gasteiger partial charge on any atom is -0.478 e. The molecule has 0 radical (unpaired) electrons. The lowest BCUT2D eigenvalue weighted by atomic mass is 10.2. The van der Waals surface area contributed by atoms with Gasteiger partial charge in [-0.15, -0.1) is 0 Å². The summed E-state index contributed by atoms with van der Waals surface area (Å²) in [4.78, 5) is 29.6. The van der Waals surface area contributed by atoms with E-state index < -0.39 is 5.97 Å². The van der Waals surface area contributed by atoms with Gasteiger partial charge in [-0.2, -0.15) is 0 Å². The number of aryl methyl sites for hydroxylation is 1. The summed E-state index contributed by atoms with van der Waals surface area (Å²) < 4.78 is 0.382. The van der Waals surface area contributed by atoms with E-state index in [0.29, 0.717) is 15.5 Å². The van der Waals surface area contributed by atoms with Crippen LogP contribution in [0.1, 0.15) is 16.1 Å². The van der Waals surface area contributed by atoms with Crippen LogP contribution in [0.5, 0.6) is 0 Å². The number of benzene rings is 1. The summed E-state index contributed by atoms with van der Waals surface area (Å²) in [5.41, 5.74) is 1.60. The molecule has 1 aromatic heterocycles. The van der Waals surface area contributed by atoms with Crippen molar-refractivity contribution in [3.8, 4) is 0 Å². The van der Waals surface area contributed by atoms with Crippen LogP contribution in [0.4, 0.5) is 5.69 Å². The van der Waals surface area contributed by atoms with Crippen molar-refractivity contribution in [3.63, 3.8) is 0 Å². The molecule has 1 aromatic carbocycles. The molecular formula is C14H13N3O3S2. The molecule has 8 heteroatoms. The first-order valence-electron chi connectivity index (χ1n) is 6.28. The zero-order valence-corrected chi connectivity index (χ0v) is 13.3. The molecule has 0 saturated carbocycles. The highest BCUT2D eigenvalue weighted by atomic mass is 32.2. The number of carbonyl (C=O) groups is 2. The van der Waals surface area contributed by atoms with Crippen molar-refractivity contribution in [2.75, 3.05) is 11.1 Å². The van der Waals surface area contributed by atoms with Gasteiger partial charge in [0.2, 0.25) is 5.91 Å². The molecule has 22 heavy (non-hydrogen) atoms. The van der Waals surface area contributed by atoms with Gasteiger partial charge < -0.3 is 15.4 Å². The fraction of sp³-hybridized carbons (Fsp3) is 0.143. The smallest absolute Gasteiger partial charge is 0.335 e. The number of amides is 1. The molecule has 1 amide bonds. The van der Waals surface area contributed by atoms with Crippen LogP contribution in [0.25, 0.3) is 0 Å². The standard InChI is InChI=1S/C14H13N3O3S2/c1-8-6-12(17-14(21)15-8)22-7-11(18)16-10-4-2-9(3-5-10)13(19)20/h2-6H,7H2,1H3,(H,16,18)(H,19,20)(H,15,17,21). The summed E-state index contributed by atoms with van der Waals surface area (Å²) in [7, 11) is 0. The van der Waals surface area contributed by atoms with Crippen LogP contribution >= 0.6 is 24.0 Å². The van der Waals surface area contributed by atoms with Gasteiger partial charge in [0.15, 0.2) is 4.77 Å². The molecule has 0 spiro atoms. The van der Waals surface area contributed by atoms with Crippen LogP contribution in [-0.4, -0.2) is 32.7 Å². The highest BCUT2D eigenvalue weighted by Gasteiger charge is 2.07. The number of nitrogens with one attached hydrogen (secondary N) is 2. The Morgan fingerprint density at radius 3 is 2.64 bits per heavy atom. The predicted molar refractivity (Wildman–Crippen MR) is 86.9 cm³/mol. The van der Waals surface area contributed by atoms with Crippen LogP contribution in [0.3, 0.4) is 0 Å². The maximum absolute atomic E-state index is 11.9. The van der Waals surface area contributed by atoms with Gasteiger partial charge >= 0.3 is 5.97 Å². The Bertz CT molecular complexity index is 757. The first-order chi connectivity index (χ1) is 10.4. The van der Waals surface area contributed by atoms with Crippen LogP contribution in [0, 0.1) is 11.7 Å². The van der Waals surface area contributed by atoms with Crippen molar-refractivity contribution >= 4 is 41.5 Å². The molecule has 1 heterocycles. The van der Waals surface area contributed by atoms with Gasteiger partial charge in [-0.3, -0.25) is 4.79 Å². The SMILES string of the molecule is Cc1cc(SCC(=O)Nc2ccc(C(=O)O)cc2)nc(=S)[nH]1. The number of aromatic carboxylic acids is 1. The number of hydrogen-bond donors (Lipinski definition) is 3. The van der Waals surface area contributed by atoms with Gasteiger partial charge in [0, 0.05) is 11.4 Å². The monoisotopic (exact) mass is 335 g/mol. The molecule has 114 valence electrons. The third-order valence-electron chi connectivity index (χ3n) is 2.62. The van der Waals surface area contributed by atoms with E-state index in [4.69, 9.17) is 17.3 Å². The summed E-state index contributed by atoms with van der Waals surface area (Å²) in [6.07, 6.45) is 0. The van der Waals surface area contributed by atoms with Crippen molar-refractivity contribution in [3.05, 3.63) is 46.4 Å². The zero-order chi connectivity index (χ0) is 16.1. The number of thioether (sulfide) groups is 1. The Kier molecular flexibility index (Phi) is 5.29. The van der Waals surface area contributed by atoms with Crippen LogP contribution in [0.15, 0.2) is 35.4 Å². The lowest BCUT2D eigenvalue weighted by Gasteiger charge is -2.05. The van der Waals surface area contributed by atoms with Crippen molar-refractivity contribution in [1.29, 1.82) is 0 Å². The van der Waals surface area contributed by atoms with E-state index in [0.717, 1.165) is 5.69 Å². The lowest BCUT2D eigenvalue weighted by molar-refractivity contribution is -0.113. The van der Waals surface area contributed by atoms with E-state index in [1.807, 2.05) is 13.0 Å². The minimum atomic E-state index is -1.00. The fourth-order valence-corrected chi connectivity index (χ4v) is 2.74. The van der Waals surface area contributed by atoms with Gasteiger partial charge in [0.05, 0.1) is 11.3 Å². The third kappa shape index (κ3) is 4.68. The largest absolute Gasteiger partial charge is 0.478 e. The summed E-state index contributed by atoms with van der Waals surface area (Å²) in [6.45, 7) is 1.87. The normalized spacial score (nSPS) is 10.2. The summed E-state index contributed by atoms with van der Waals surface area (Å²) in [6, 6.07) is 7.79. The molecule has 0 aliphatic rings. The summed E-state index contributed by atoms with van der Waals surface area (Å²) in [5.74, 6) is -1.02. The van der Waals surface area contributed by atoms with Gasteiger partial charge in [0.1, 0.15) is 5.03 Å². The van der Waals surface area contributed by atoms with Gasteiger partial charge in [-0.25, -0.2) is 9.78 Å². The Morgan fingerprint density at radius 1 is 1.36 bits per heavy atom. The number of anilines is 1. The molecule has 3 N–H and O–H groups in total. The Hall–Kier alpha value is -2.19. The number of rotatable bonds is 5. The summed E-state index contributed by atoms with van der Waals surface area (Å²) in [5, 5.41) is 12.2. The second-order valence-corrected chi connectivity index (χ2v) is 5.81. The number of aromatic nitrogens is 2. The Labute approximate surface area is 136 Å². The molecular weight excluding hydrogens is 322 g/mol. The average molecular weight is 335 g/mol. The maximum atomic E-state index is 11.9. The quantitative estimate of drug-likeness (QED) is 0.442. The van der Waals surface area contributed by atoms with Crippen molar-refractivity contribution in [2.24, 2.45) is 0 Å². The van der Waals surface area contributed by atoms with Gasteiger partial charge in [-0.05, 0) is 49.5 Å². The van der Waals surface area contributed by atoms with Crippen LogP contribution < -0.4 is 5.32 Å². The first-order valence-corrected chi connectivity index (χ1v) is 7.67. The molecule has 2 aromatic rings. The van der Waals surface area contributed by atoms with E-state index in [-0.39, 0.29) is 17.2 Å². The Balaban J connectivity index is 1.92. The third-order valence-corrected chi connectivity index (χ3v) is 3.73. The van der Waals surface area contributed by atoms with E-state index in [9.17, 15) is 9.59 Å². The second kappa shape index (κ2) is 7.19. The van der Waals surface area contributed by atoms with Crippen LogP contribution in [0.2, 0.25) is 0 Å². The van der Waals surface area contributed by atoms with E-state index in [1.54, 1.807) is 12.1 Å². The molecule has 2 rings (SSSR count). The topological polar surface area (TPSA) is 95.1 Å². The number of hydrogen-bond acceptors (Lipinski definition) is 5. The molecule has 0 aliphatic carbocycles. The number of carbonyl (C=O) groups excluding carboxylic acids is 1. The zero-order valence-electron chi connectivity index (χ0n) is 11.6. The molecule has 0 fully saturated rings. The average Bonchev–Trinajstić information content (AvgIpc) is 2.45. The number of H-pyrrole nitrogens is 1. The van der Waals surface area contributed by atoms with Gasteiger partial charge in [0.25, 0.3) is 0 Å². The van der Waals surface area contributed by atoms with Gasteiger partial charge in [-0.1, -0.05) is 11.8 Å². The summed E-state index contributed by atoms with van der Waals surface area (Å²) >= 11 is 6.26. The number of carboxylic acid groups (broad SMARTS) is 1. The van der Waals surface area contributed by atoms with E-state index >= 15 is 0 Å². The van der Waals surface area contributed by atoms with Crippen LogP contribution in [-0.2, 0) is 4.79 Å². The molecule has 6 nitrogen and oxygen atoms in total. The molecule has 0 aliphatic heterocycles. The lowest BCUT2D eigenvalue weighted by Crippen LogP contribution is -2.14. The minimum absolute atomic E-state index is 0.172. The van der Waals surface area contributed by atoms with E-state index in [1.165, 1.54) is 23.9 Å². The molecule has 0 unspecified atom stereocenters. The van der Waals surface area contributed by atoms with Crippen molar-refractivity contribution in [2.45, 2.75) is 11.9 Å². The fourth-order valence-electron chi connectivity index (χ4n) is 1.66. The number of nitrogens with zero attached hydrogens (tertiary/aromatic N) is 1. The first kappa shape index (κ1) is 16.2. The highest BCUT2D eigenvalue weighted by Crippen LogP contribution is 2.16.